The Morgan fingerprint density at radius 3 is 2.72 bits per heavy atom. The molecule has 1 spiro atoms. The summed E-state index contributed by atoms with van der Waals surface area (Å²) in [6.45, 7) is 4.11. The van der Waals surface area contributed by atoms with Crippen LogP contribution in [0.5, 0.6) is 0 Å². The van der Waals surface area contributed by atoms with E-state index in [9.17, 15) is 4.79 Å². The lowest BCUT2D eigenvalue weighted by Gasteiger charge is -2.32. The summed E-state index contributed by atoms with van der Waals surface area (Å²) >= 11 is 0. The smallest absolute Gasteiger partial charge is 0.223 e. The predicted molar refractivity (Wildman–Crippen MR) is 111 cm³/mol. The minimum Gasteiger partial charge on any atom is -0.379 e. The van der Waals surface area contributed by atoms with Crippen molar-refractivity contribution < 1.29 is 9.53 Å². The monoisotopic (exact) mass is 388 g/mol. The number of anilines is 1. The largest absolute Gasteiger partial charge is 0.379 e. The molecule has 0 bridgehead atoms. The van der Waals surface area contributed by atoms with Crippen molar-refractivity contribution in [3.05, 3.63) is 66.5 Å². The molecule has 2 fully saturated rings. The van der Waals surface area contributed by atoms with Crippen LogP contribution >= 0.6 is 0 Å². The summed E-state index contributed by atoms with van der Waals surface area (Å²) in [5.41, 5.74) is 1.88. The number of para-hydroxylation sites is 1. The molecular formula is C23H24N4O2. The van der Waals surface area contributed by atoms with Crippen LogP contribution in [-0.4, -0.2) is 53.6 Å². The Morgan fingerprint density at radius 1 is 1.00 bits per heavy atom. The van der Waals surface area contributed by atoms with E-state index in [-0.39, 0.29) is 11.3 Å². The predicted octanol–water partition coefficient (Wildman–Crippen LogP) is 2.89. The lowest BCUT2D eigenvalue weighted by Crippen LogP contribution is -2.41. The summed E-state index contributed by atoms with van der Waals surface area (Å²) in [6, 6.07) is 18.2. The van der Waals surface area contributed by atoms with Crippen molar-refractivity contribution in [1.82, 2.24) is 14.9 Å². The number of hydrogen-bond donors (Lipinski definition) is 0. The van der Waals surface area contributed by atoms with Gasteiger partial charge in [-0.05, 0) is 17.7 Å². The van der Waals surface area contributed by atoms with Crippen LogP contribution in [0.25, 0.3) is 10.9 Å². The first kappa shape index (κ1) is 18.1. The second kappa shape index (κ2) is 7.44. The number of likely N-dealkylation sites (tertiary alicyclic amines) is 1. The van der Waals surface area contributed by atoms with Gasteiger partial charge in [0.1, 0.15) is 12.1 Å². The highest BCUT2D eigenvalue weighted by Gasteiger charge is 2.45. The number of nitrogens with zero attached hydrogens (tertiary/aromatic N) is 4. The topological polar surface area (TPSA) is 58.6 Å². The fourth-order valence-corrected chi connectivity index (χ4v) is 4.55. The van der Waals surface area contributed by atoms with Crippen LogP contribution in [0.15, 0.2) is 60.9 Å². The second-order valence-electron chi connectivity index (χ2n) is 8.10. The minimum absolute atomic E-state index is 0.201. The number of amides is 1. The lowest BCUT2D eigenvalue weighted by molar-refractivity contribution is -0.128. The number of rotatable bonds is 3. The molecule has 1 atom stereocenters. The first-order valence-corrected chi connectivity index (χ1v) is 10.1. The highest BCUT2D eigenvalue weighted by Crippen LogP contribution is 2.37. The average molecular weight is 388 g/mol. The Kier molecular flexibility index (Phi) is 4.64. The third-order valence-corrected chi connectivity index (χ3v) is 5.88. The maximum Gasteiger partial charge on any atom is 0.223 e. The van der Waals surface area contributed by atoms with Crippen molar-refractivity contribution in [3.63, 3.8) is 0 Å². The number of carbonyl (C=O) groups excluding carboxylic acids is 1. The average Bonchev–Trinajstić information content (AvgIpc) is 2.92. The van der Waals surface area contributed by atoms with E-state index in [1.54, 1.807) is 6.33 Å². The Hall–Kier alpha value is -2.99. The van der Waals surface area contributed by atoms with E-state index < -0.39 is 0 Å². The molecule has 148 valence electrons. The Labute approximate surface area is 170 Å². The van der Waals surface area contributed by atoms with Gasteiger partial charge in [0.25, 0.3) is 0 Å². The molecule has 3 heterocycles. The lowest BCUT2D eigenvalue weighted by atomic mass is 9.87. The highest BCUT2D eigenvalue weighted by atomic mass is 16.5. The molecule has 2 aliphatic heterocycles. The van der Waals surface area contributed by atoms with Gasteiger partial charge >= 0.3 is 0 Å². The number of aromatic nitrogens is 2. The number of carbonyl (C=O) groups is 1. The molecule has 0 aliphatic carbocycles. The minimum atomic E-state index is -0.214. The third kappa shape index (κ3) is 3.56. The van der Waals surface area contributed by atoms with E-state index in [0.717, 1.165) is 35.4 Å². The van der Waals surface area contributed by atoms with Crippen molar-refractivity contribution in [2.75, 3.05) is 37.7 Å². The van der Waals surface area contributed by atoms with Crippen LogP contribution in [-0.2, 0) is 16.1 Å². The number of hydrogen-bond acceptors (Lipinski definition) is 5. The van der Waals surface area contributed by atoms with E-state index in [1.807, 2.05) is 41.3 Å². The zero-order valence-corrected chi connectivity index (χ0v) is 16.3. The standard InChI is InChI=1S/C23H24N4O2/c28-21-12-23(15-27(21)13-18-6-2-1-3-7-18)14-26(10-11-29-16-23)22-19-8-4-5-9-20(19)24-17-25-22/h1-9,17H,10-16H2. The Morgan fingerprint density at radius 2 is 1.83 bits per heavy atom. The normalized spacial score (nSPS) is 22.4. The molecule has 6 heteroatoms. The van der Waals surface area contributed by atoms with E-state index in [1.165, 1.54) is 0 Å². The van der Waals surface area contributed by atoms with Gasteiger partial charge in [-0.1, -0.05) is 42.5 Å². The van der Waals surface area contributed by atoms with Crippen LogP contribution < -0.4 is 4.90 Å². The van der Waals surface area contributed by atoms with Crippen LogP contribution in [0.2, 0.25) is 0 Å². The van der Waals surface area contributed by atoms with Crippen LogP contribution in [0.3, 0.4) is 0 Å². The fourth-order valence-electron chi connectivity index (χ4n) is 4.55. The molecule has 6 nitrogen and oxygen atoms in total. The maximum atomic E-state index is 12.8. The highest BCUT2D eigenvalue weighted by molar-refractivity contribution is 5.89. The zero-order chi connectivity index (χ0) is 19.7. The SMILES string of the molecule is O=C1CC2(COCCN(c3ncnc4ccccc34)C2)CN1Cc1ccccc1. The molecule has 1 aromatic heterocycles. The van der Waals surface area contributed by atoms with E-state index >= 15 is 0 Å². The Balaban J connectivity index is 1.41. The van der Waals surface area contributed by atoms with Gasteiger partial charge in [0, 0.05) is 43.4 Å². The van der Waals surface area contributed by atoms with Crippen molar-refractivity contribution in [3.8, 4) is 0 Å². The zero-order valence-electron chi connectivity index (χ0n) is 16.3. The van der Waals surface area contributed by atoms with Gasteiger partial charge in [0.15, 0.2) is 0 Å². The molecular weight excluding hydrogens is 364 g/mol. The molecule has 1 unspecified atom stereocenters. The van der Waals surface area contributed by atoms with Crippen LogP contribution in [0, 0.1) is 5.41 Å². The van der Waals surface area contributed by atoms with Crippen molar-refractivity contribution in [2.24, 2.45) is 5.41 Å². The van der Waals surface area contributed by atoms with Gasteiger partial charge in [0.2, 0.25) is 5.91 Å². The molecule has 29 heavy (non-hydrogen) atoms. The molecule has 0 saturated carbocycles. The summed E-state index contributed by atoms with van der Waals surface area (Å²) in [4.78, 5) is 26.1. The van der Waals surface area contributed by atoms with Crippen molar-refractivity contribution in [2.45, 2.75) is 13.0 Å². The van der Waals surface area contributed by atoms with Gasteiger partial charge in [-0.25, -0.2) is 9.97 Å². The molecule has 0 N–H and O–H groups in total. The summed E-state index contributed by atoms with van der Waals surface area (Å²) in [7, 11) is 0. The van der Waals surface area contributed by atoms with Gasteiger partial charge in [-0.15, -0.1) is 0 Å². The summed E-state index contributed by atoms with van der Waals surface area (Å²) in [5.74, 6) is 1.13. The molecule has 2 aliphatic rings. The quantitative estimate of drug-likeness (QED) is 0.691. The van der Waals surface area contributed by atoms with Crippen LogP contribution in [0.4, 0.5) is 5.82 Å². The first-order valence-electron chi connectivity index (χ1n) is 10.1. The third-order valence-electron chi connectivity index (χ3n) is 5.88. The summed E-state index contributed by atoms with van der Waals surface area (Å²) in [5, 5.41) is 1.04. The fraction of sp³-hybridized carbons (Fsp3) is 0.348. The van der Waals surface area contributed by atoms with E-state index in [4.69, 9.17) is 4.74 Å². The van der Waals surface area contributed by atoms with Gasteiger partial charge in [0.05, 0.1) is 18.7 Å². The van der Waals surface area contributed by atoms with Crippen LogP contribution in [0.1, 0.15) is 12.0 Å². The molecule has 1 amide bonds. The summed E-state index contributed by atoms with van der Waals surface area (Å²) < 4.78 is 5.98. The van der Waals surface area contributed by atoms with Gasteiger partial charge in [-0.2, -0.15) is 0 Å². The van der Waals surface area contributed by atoms with E-state index in [0.29, 0.717) is 32.7 Å². The van der Waals surface area contributed by atoms with Crippen molar-refractivity contribution >= 4 is 22.6 Å². The maximum absolute atomic E-state index is 12.8. The number of benzene rings is 2. The molecule has 2 aromatic carbocycles. The van der Waals surface area contributed by atoms with Crippen molar-refractivity contribution in [1.29, 1.82) is 0 Å². The Bertz CT molecular complexity index is 1020. The molecule has 3 aromatic rings. The molecule has 5 rings (SSSR count). The van der Waals surface area contributed by atoms with Gasteiger partial charge in [-0.3, -0.25) is 4.79 Å². The molecule has 2 saturated heterocycles. The number of ether oxygens (including phenoxy) is 1. The second-order valence-corrected chi connectivity index (χ2v) is 8.10. The summed E-state index contributed by atoms with van der Waals surface area (Å²) in [6.07, 6.45) is 2.14. The first-order chi connectivity index (χ1) is 14.2. The molecule has 0 radical (unpaired) electrons. The number of fused-ring (bicyclic) bond motifs is 1. The van der Waals surface area contributed by atoms with E-state index in [2.05, 4.69) is 33.1 Å². The van der Waals surface area contributed by atoms with Gasteiger partial charge < -0.3 is 14.5 Å².